The van der Waals surface area contributed by atoms with Crippen molar-refractivity contribution in [1.82, 2.24) is 4.90 Å². The van der Waals surface area contributed by atoms with Gasteiger partial charge in [-0.25, -0.2) is 0 Å². The molecule has 0 radical (unpaired) electrons. The van der Waals surface area contributed by atoms with Gasteiger partial charge in [-0.1, -0.05) is 40.5 Å². The monoisotopic (exact) mass is 495 g/mol. The lowest BCUT2D eigenvalue weighted by molar-refractivity contribution is -0.419. The molecule has 33 heavy (non-hydrogen) atoms. The number of carbonyl (C=O) groups is 1. The molecule has 0 saturated heterocycles. The van der Waals surface area contributed by atoms with Gasteiger partial charge >= 0.3 is 0 Å². The molecule has 3 aliphatic carbocycles. The Morgan fingerprint density at radius 1 is 1.33 bits per heavy atom. The summed E-state index contributed by atoms with van der Waals surface area (Å²) in [7, 11) is 1.87. The Balaban J connectivity index is 1.83. The summed E-state index contributed by atoms with van der Waals surface area (Å²) in [5.41, 5.74) is 0.470. The van der Waals surface area contributed by atoms with E-state index in [0.717, 1.165) is 25.5 Å². The maximum atomic E-state index is 11.9. The van der Waals surface area contributed by atoms with Crippen LogP contribution in [0.1, 0.15) is 25.7 Å². The minimum Gasteiger partial charge on any atom is -0.359 e. The number of aldehydes is 1. The molecule has 0 bridgehead atoms. The van der Waals surface area contributed by atoms with E-state index in [1.54, 1.807) is 24.3 Å². The molecule has 10 heteroatoms. The third kappa shape index (κ3) is 6.69. The molecule has 0 spiro atoms. The van der Waals surface area contributed by atoms with E-state index >= 15 is 0 Å². The average Bonchev–Trinajstić information content (AvgIpc) is 3.58. The van der Waals surface area contributed by atoms with Crippen molar-refractivity contribution in [2.75, 3.05) is 26.7 Å². The SMILES string of the molecule is CN(CC1C=CC([N+](=O)[O-])=CCC1)C(OCC1(CN=O)CC1)C1=CC(Cl)=C(Cl)C=CC1C=O. The number of allylic oxidation sites excluding steroid dienone is 7. The maximum absolute atomic E-state index is 11.9. The molecule has 0 N–H and O–H groups in total. The molecule has 0 aliphatic heterocycles. The highest BCUT2D eigenvalue weighted by Gasteiger charge is 2.44. The van der Waals surface area contributed by atoms with E-state index in [1.165, 1.54) is 6.08 Å². The van der Waals surface area contributed by atoms with Crippen LogP contribution >= 0.6 is 23.2 Å². The fourth-order valence-electron chi connectivity index (χ4n) is 4.04. The molecular formula is C23H27Cl2N3O5. The number of nitro groups is 1. The molecule has 0 aromatic rings. The van der Waals surface area contributed by atoms with Gasteiger partial charge in [-0.2, -0.15) is 4.91 Å². The molecule has 3 unspecified atom stereocenters. The Morgan fingerprint density at radius 2 is 2.09 bits per heavy atom. The second-order valence-electron chi connectivity index (χ2n) is 8.83. The number of hydrogen-bond donors (Lipinski definition) is 0. The first-order valence-electron chi connectivity index (χ1n) is 10.8. The molecule has 0 aromatic carbocycles. The Bertz CT molecular complexity index is 936. The van der Waals surface area contributed by atoms with Gasteiger partial charge in [0.25, 0.3) is 5.70 Å². The van der Waals surface area contributed by atoms with Crippen LogP contribution in [0.3, 0.4) is 0 Å². The number of nitrogens with zero attached hydrogens (tertiary/aromatic N) is 3. The fourth-order valence-corrected chi connectivity index (χ4v) is 4.36. The van der Waals surface area contributed by atoms with Gasteiger partial charge in [-0.05, 0) is 62.5 Å². The number of hydrogen-bond acceptors (Lipinski definition) is 7. The normalized spacial score (nSPS) is 25.1. The second-order valence-corrected chi connectivity index (χ2v) is 9.65. The van der Waals surface area contributed by atoms with Crippen molar-refractivity contribution in [3.05, 3.63) is 72.8 Å². The lowest BCUT2D eigenvalue weighted by Gasteiger charge is -2.34. The van der Waals surface area contributed by atoms with Crippen molar-refractivity contribution in [2.45, 2.75) is 31.9 Å². The first kappa shape index (κ1) is 25.5. The van der Waals surface area contributed by atoms with Crippen molar-refractivity contribution < 1.29 is 14.5 Å². The third-order valence-corrected chi connectivity index (χ3v) is 7.00. The van der Waals surface area contributed by atoms with Crippen LogP contribution in [0.15, 0.2) is 63.0 Å². The summed E-state index contributed by atoms with van der Waals surface area (Å²) in [5, 5.41) is 14.8. The van der Waals surface area contributed by atoms with Gasteiger partial charge in [0.2, 0.25) is 0 Å². The molecule has 8 nitrogen and oxygen atoms in total. The summed E-state index contributed by atoms with van der Waals surface area (Å²) in [6, 6.07) is 0. The van der Waals surface area contributed by atoms with E-state index in [9.17, 15) is 19.8 Å². The van der Waals surface area contributed by atoms with Crippen LogP contribution in [0.5, 0.6) is 0 Å². The van der Waals surface area contributed by atoms with E-state index in [4.69, 9.17) is 27.9 Å². The summed E-state index contributed by atoms with van der Waals surface area (Å²) in [4.78, 5) is 35.4. The Hall–Kier alpha value is -2.13. The Morgan fingerprint density at radius 3 is 2.73 bits per heavy atom. The van der Waals surface area contributed by atoms with Gasteiger partial charge in [0.05, 0.1) is 34.1 Å². The minimum absolute atomic E-state index is 0.0486. The topological polar surface area (TPSA) is 102 Å². The molecule has 3 rings (SSSR count). The number of halogens is 2. The third-order valence-electron chi connectivity index (χ3n) is 6.26. The quantitative estimate of drug-likeness (QED) is 0.132. The van der Waals surface area contributed by atoms with Gasteiger partial charge < -0.3 is 9.53 Å². The van der Waals surface area contributed by atoms with E-state index in [2.05, 4.69) is 5.18 Å². The van der Waals surface area contributed by atoms with Crippen LogP contribution in [0.25, 0.3) is 0 Å². The predicted octanol–water partition coefficient (Wildman–Crippen LogP) is 4.93. The highest BCUT2D eigenvalue weighted by molar-refractivity contribution is 6.41. The highest BCUT2D eigenvalue weighted by Crippen LogP contribution is 2.46. The smallest absolute Gasteiger partial charge is 0.265 e. The summed E-state index contributed by atoms with van der Waals surface area (Å²) >= 11 is 12.5. The Labute approximate surface area is 202 Å². The standard InChI is InChI=1S/C23H27Cl2N3O5/c1-27(12-16-3-2-4-18(7-5-16)28(31)32)22(33-15-23(9-10-23)14-26-30)19-11-21(25)20(24)8-6-17(19)13-29/h4-8,11,13,16-17,22H,2-3,9-10,12,14-15H2,1H3. The Kier molecular flexibility index (Phi) is 8.75. The first-order valence-corrected chi connectivity index (χ1v) is 11.6. The molecular weight excluding hydrogens is 469 g/mol. The minimum atomic E-state index is -0.607. The van der Waals surface area contributed by atoms with Crippen molar-refractivity contribution in [2.24, 2.45) is 22.4 Å². The number of ether oxygens (including phenoxy) is 1. The summed E-state index contributed by atoms with van der Waals surface area (Å²) in [6.45, 7) is 1.05. The summed E-state index contributed by atoms with van der Waals surface area (Å²) in [5.74, 6) is -0.540. The predicted molar refractivity (Wildman–Crippen MR) is 127 cm³/mol. The van der Waals surface area contributed by atoms with Crippen LogP contribution in [0.2, 0.25) is 0 Å². The zero-order chi connectivity index (χ0) is 24.0. The van der Waals surface area contributed by atoms with Gasteiger partial charge in [-0.15, -0.1) is 0 Å². The van der Waals surface area contributed by atoms with Crippen molar-refractivity contribution in [3.8, 4) is 0 Å². The lowest BCUT2D eigenvalue weighted by atomic mass is 9.96. The molecule has 1 fully saturated rings. The van der Waals surface area contributed by atoms with Crippen LogP contribution < -0.4 is 0 Å². The van der Waals surface area contributed by atoms with E-state index in [-0.39, 0.29) is 28.5 Å². The molecule has 1 saturated carbocycles. The van der Waals surface area contributed by atoms with E-state index < -0.39 is 12.1 Å². The van der Waals surface area contributed by atoms with Gasteiger partial charge in [-0.3, -0.25) is 15.0 Å². The van der Waals surface area contributed by atoms with Gasteiger partial charge in [0.1, 0.15) is 12.5 Å². The van der Waals surface area contributed by atoms with Crippen LogP contribution in [-0.4, -0.2) is 49.1 Å². The number of likely N-dealkylation sites (N-methyl/N-ethyl adjacent to an activating group) is 1. The largest absolute Gasteiger partial charge is 0.359 e. The lowest BCUT2D eigenvalue weighted by Crippen LogP contribution is -2.41. The second kappa shape index (κ2) is 11.3. The van der Waals surface area contributed by atoms with Crippen LogP contribution in [0, 0.1) is 32.3 Å². The molecule has 3 atom stereocenters. The average molecular weight is 496 g/mol. The van der Waals surface area contributed by atoms with Gasteiger partial charge in [0, 0.05) is 18.0 Å². The number of nitroso groups, excluding NO2 is 1. The summed E-state index contributed by atoms with van der Waals surface area (Å²) in [6.07, 6.45) is 13.2. The van der Waals surface area contributed by atoms with Crippen molar-refractivity contribution in [3.63, 3.8) is 0 Å². The summed E-state index contributed by atoms with van der Waals surface area (Å²) < 4.78 is 6.32. The molecule has 0 heterocycles. The van der Waals surface area contributed by atoms with Gasteiger partial charge in [0.15, 0.2) is 0 Å². The van der Waals surface area contributed by atoms with Crippen LogP contribution in [-0.2, 0) is 9.53 Å². The fraction of sp³-hybridized carbons (Fsp3) is 0.522. The van der Waals surface area contributed by atoms with Crippen LogP contribution in [0.4, 0.5) is 0 Å². The molecule has 3 aliphatic rings. The van der Waals surface area contributed by atoms with E-state index in [1.807, 2.05) is 18.0 Å². The zero-order valence-corrected chi connectivity index (χ0v) is 19.9. The molecule has 0 amide bonds. The molecule has 0 aromatic heterocycles. The maximum Gasteiger partial charge on any atom is 0.265 e. The number of carbonyl (C=O) groups excluding carboxylic acids is 1. The highest BCUT2D eigenvalue weighted by atomic mass is 35.5. The zero-order valence-electron chi connectivity index (χ0n) is 18.4. The van der Waals surface area contributed by atoms with E-state index in [0.29, 0.717) is 35.2 Å². The van der Waals surface area contributed by atoms with Crippen molar-refractivity contribution >= 4 is 29.5 Å². The molecule has 178 valence electrons. The van der Waals surface area contributed by atoms with Crippen molar-refractivity contribution in [1.29, 1.82) is 0 Å². The number of rotatable bonds is 11. The first-order chi connectivity index (χ1) is 15.8.